The van der Waals surface area contributed by atoms with Gasteiger partial charge in [0.25, 0.3) is 0 Å². The van der Waals surface area contributed by atoms with Crippen molar-refractivity contribution in [3.8, 4) is 5.69 Å². The third-order valence-corrected chi connectivity index (χ3v) is 6.26. The summed E-state index contributed by atoms with van der Waals surface area (Å²) < 4.78 is 2.17. The van der Waals surface area contributed by atoms with Crippen LogP contribution in [-0.4, -0.2) is 46.0 Å². The van der Waals surface area contributed by atoms with Crippen LogP contribution >= 0.6 is 0 Å². The van der Waals surface area contributed by atoms with Gasteiger partial charge in [-0.2, -0.15) is 0 Å². The Hall–Kier alpha value is -2.66. The molecule has 1 aliphatic rings. The predicted octanol–water partition coefficient (Wildman–Crippen LogP) is 4.19. The number of fused-ring (bicyclic) bond motifs is 1. The molecule has 1 fully saturated rings. The van der Waals surface area contributed by atoms with Gasteiger partial charge in [0.15, 0.2) is 0 Å². The molecule has 0 unspecified atom stereocenters. The number of nitrogens with one attached hydrogen (secondary N) is 1. The van der Waals surface area contributed by atoms with E-state index in [2.05, 4.69) is 46.8 Å². The number of imidazole rings is 1. The van der Waals surface area contributed by atoms with Crippen molar-refractivity contribution in [2.45, 2.75) is 45.6 Å². The normalized spacial score (nSPS) is 16.6. The molecule has 0 saturated carbocycles. The maximum absolute atomic E-state index is 12.6. The number of benzene rings is 2. The highest BCUT2D eigenvalue weighted by molar-refractivity contribution is 5.79. The highest BCUT2D eigenvalue weighted by atomic mass is 16.1. The zero-order valence-corrected chi connectivity index (χ0v) is 18.1. The number of carbonyl (C=O) groups excluding carboxylic acids is 1. The number of rotatable bonds is 7. The Bertz CT molecular complexity index is 973. The Morgan fingerprint density at radius 2 is 1.80 bits per heavy atom. The number of hydrogen-bond donors (Lipinski definition) is 1. The lowest BCUT2D eigenvalue weighted by Crippen LogP contribution is -2.45. The van der Waals surface area contributed by atoms with Crippen LogP contribution in [0.3, 0.4) is 0 Å². The Morgan fingerprint density at radius 3 is 2.57 bits per heavy atom. The Kier molecular flexibility index (Phi) is 6.48. The minimum atomic E-state index is 0.0962. The Balaban J connectivity index is 1.38. The summed E-state index contributed by atoms with van der Waals surface area (Å²) in [5, 5.41) is 3.14. The van der Waals surface area contributed by atoms with Crippen LogP contribution in [-0.2, 0) is 11.2 Å². The second-order valence-electron chi connectivity index (χ2n) is 8.56. The summed E-state index contributed by atoms with van der Waals surface area (Å²) >= 11 is 0. The molecule has 158 valence electrons. The van der Waals surface area contributed by atoms with Gasteiger partial charge in [0.1, 0.15) is 5.82 Å². The van der Waals surface area contributed by atoms with Crippen LogP contribution in [0.15, 0.2) is 54.6 Å². The number of aromatic nitrogens is 2. The summed E-state index contributed by atoms with van der Waals surface area (Å²) in [5.41, 5.74) is 3.12. The van der Waals surface area contributed by atoms with Crippen LogP contribution in [0.2, 0.25) is 0 Å². The zero-order valence-electron chi connectivity index (χ0n) is 18.1. The van der Waals surface area contributed by atoms with Crippen molar-refractivity contribution >= 4 is 16.9 Å². The standard InChI is InChI=1S/C25H32N4O/c1-19-14-16-28(17-15-19)20(2)18-26-25(30)13-12-24-27-22-10-6-7-11-23(22)29(24)21-8-4-3-5-9-21/h3-11,19-20H,12-18H2,1-2H3,(H,26,30)/t20-/m1/s1. The molecule has 2 heterocycles. The minimum absolute atomic E-state index is 0.0962. The van der Waals surface area contributed by atoms with E-state index in [0.29, 0.717) is 25.4 Å². The fourth-order valence-electron chi connectivity index (χ4n) is 4.28. The molecule has 1 saturated heterocycles. The molecule has 0 aliphatic carbocycles. The van der Waals surface area contributed by atoms with Gasteiger partial charge in [-0.25, -0.2) is 4.98 Å². The summed E-state index contributed by atoms with van der Waals surface area (Å²) in [6, 6.07) is 18.8. The summed E-state index contributed by atoms with van der Waals surface area (Å²) in [4.78, 5) is 19.9. The van der Waals surface area contributed by atoms with Crippen molar-refractivity contribution in [2.75, 3.05) is 19.6 Å². The Labute approximate surface area is 179 Å². The first-order valence-corrected chi connectivity index (χ1v) is 11.1. The molecule has 1 atom stereocenters. The molecular formula is C25H32N4O. The van der Waals surface area contributed by atoms with Gasteiger partial charge in [-0.1, -0.05) is 37.3 Å². The molecule has 30 heavy (non-hydrogen) atoms. The summed E-state index contributed by atoms with van der Waals surface area (Å²) in [5.74, 6) is 1.85. The van der Waals surface area contributed by atoms with Crippen LogP contribution < -0.4 is 5.32 Å². The largest absolute Gasteiger partial charge is 0.355 e. The van der Waals surface area contributed by atoms with E-state index in [0.717, 1.165) is 41.6 Å². The van der Waals surface area contributed by atoms with Gasteiger partial charge in [-0.3, -0.25) is 14.3 Å². The highest BCUT2D eigenvalue weighted by Crippen LogP contribution is 2.22. The number of carbonyl (C=O) groups is 1. The Morgan fingerprint density at radius 1 is 1.10 bits per heavy atom. The van der Waals surface area contributed by atoms with E-state index in [1.54, 1.807) is 0 Å². The quantitative estimate of drug-likeness (QED) is 0.642. The van der Waals surface area contributed by atoms with Crippen LogP contribution in [0.1, 0.15) is 38.9 Å². The molecule has 5 nitrogen and oxygen atoms in total. The lowest BCUT2D eigenvalue weighted by Gasteiger charge is -2.35. The molecule has 1 amide bonds. The van der Waals surface area contributed by atoms with Crippen LogP contribution in [0.4, 0.5) is 0 Å². The lowest BCUT2D eigenvalue weighted by atomic mass is 9.98. The SMILES string of the molecule is CC1CCN([C@H](C)CNC(=O)CCc2nc3ccccc3n2-c2ccccc2)CC1. The van der Waals surface area contributed by atoms with E-state index in [1.165, 1.54) is 12.8 Å². The molecule has 5 heteroatoms. The van der Waals surface area contributed by atoms with Gasteiger partial charge in [-0.05, 0) is 63.0 Å². The summed E-state index contributed by atoms with van der Waals surface area (Å²) in [6.45, 7) is 7.53. The number of hydrogen-bond acceptors (Lipinski definition) is 3. The fourth-order valence-corrected chi connectivity index (χ4v) is 4.28. The molecule has 1 N–H and O–H groups in total. The molecule has 1 aliphatic heterocycles. The van der Waals surface area contributed by atoms with Crippen LogP contribution in [0.5, 0.6) is 0 Å². The molecule has 2 aromatic carbocycles. The molecule has 1 aromatic heterocycles. The van der Waals surface area contributed by atoms with Crippen molar-refractivity contribution in [1.29, 1.82) is 0 Å². The first-order chi connectivity index (χ1) is 14.6. The number of amides is 1. The molecule has 4 rings (SSSR count). The third-order valence-electron chi connectivity index (χ3n) is 6.26. The minimum Gasteiger partial charge on any atom is -0.355 e. The second kappa shape index (κ2) is 9.43. The first kappa shape index (κ1) is 20.6. The topological polar surface area (TPSA) is 50.2 Å². The van der Waals surface area contributed by atoms with E-state index < -0.39 is 0 Å². The number of aryl methyl sites for hydroxylation is 1. The third kappa shape index (κ3) is 4.73. The van der Waals surface area contributed by atoms with Crippen molar-refractivity contribution in [3.63, 3.8) is 0 Å². The van der Waals surface area contributed by atoms with E-state index in [4.69, 9.17) is 4.98 Å². The van der Waals surface area contributed by atoms with Crippen molar-refractivity contribution in [2.24, 2.45) is 5.92 Å². The smallest absolute Gasteiger partial charge is 0.220 e. The average molecular weight is 405 g/mol. The van der Waals surface area contributed by atoms with Gasteiger partial charge in [0.05, 0.1) is 11.0 Å². The van der Waals surface area contributed by atoms with Crippen LogP contribution in [0.25, 0.3) is 16.7 Å². The fraction of sp³-hybridized carbons (Fsp3) is 0.440. The van der Waals surface area contributed by atoms with Crippen molar-refractivity contribution in [3.05, 3.63) is 60.4 Å². The number of para-hydroxylation sites is 3. The van der Waals surface area contributed by atoms with E-state index >= 15 is 0 Å². The van der Waals surface area contributed by atoms with Crippen LogP contribution in [0, 0.1) is 5.92 Å². The predicted molar refractivity (Wildman–Crippen MR) is 122 cm³/mol. The molecule has 0 spiro atoms. The number of nitrogens with zero attached hydrogens (tertiary/aromatic N) is 3. The molecule has 0 bridgehead atoms. The van der Waals surface area contributed by atoms with Gasteiger partial charge < -0.3 is 5.32 Å². The van der Waals surface area contributed by atoms with Crippen molar-refractivity contribution < 1.29 is 4.79 Å². The van der Waals surface area contributed by atoms with Crippen molar-refractivity contribution in [1.82, 2.24) is 19.8 Å². The maximum Gasteiger partial charge on any atom is 0.220 e. The molecule has 0 radical (unpaired) electrons. The van der Waals surface area contributed by atoms with Gasteiger partial charge in [0, 0.05) is 31.1 Å². The zero-order chi connectivity index (χ0) is 20.9. The molecule has 3 aromatic rings. The van der Waals surface area contributed by atoms with Gasteiger partial charge in [-0.15, -0.1) is 0 Å². The van der Waals surface area contributed by atoms with E-state index in [1.807, 2.05) is 36.4 Å². The monoisotopic (exact) mass is 404 g/mol. The first-order valence-electron chi connectivity index (χ1n) is 11.1. The van der Waals surface area contributed by atoms with Gasteiger partial charge in [0.2, 0.25) is 5.91 Å². The van der Waals surface area contributed by atoms with E-state index in [9.17, 15) is 4.79 Å². The summed E-state index contributed by atoms with van der Waals surface area (Å²) in [6.07, 6.45) is 3.58. The maximum atomic E-state index is 12.6. The number of piperidine rings is 1. The van der Waals surface area contributed by atoms with E-state index in [-0.39, 0.29) is 5.91 Å². The second-order valence-corrected chi connectivity index (χ2v) is 8.56. The summed E-state index contributed by atoms with van der Waals surface area (Å²) in [7, 11) is 0. The lowest BCUT2D eigenvalue weighted by molar-refractivity contribution is -0.121. The number of likely N-dealkylation sites (tertiary alicyclic amines) is 1. The highest BCUT2D eigenvalue weighted by Gasteiger charge is 2.20. The molecular weight excluding hydrogens is 372 g/mol. The average Bonchev–Trinajstić information content (AvgIpc) is 3.15. The van der Waals surface area contributed by atoms with Gasteiger partial charge >= 0.3 is 0 Å².